The van der Waals surface area contributed by atoms with Gasteiger partial charge in [0.05, 0.1) is 6.10 Å². The molecule has 3 heteroatoms. The van der Waals surface area contributed by atoms with E-state index < -0.39 is 6.10 Å². The maximum Gasteiger partial charge on any atom is 0.0576 e. The molecule has 0 fully saturated rings. The Morgan fingerprint density at radius 1 is 1.44 bits per heavy atom. The zero-order chi connectivity index (χ0) is 7.44. The Kier molecular flexibility index (Phi) is 3.77. The number of aliphatic hydroxyl groups excluding tert-OH is 2. The lowest BCUT2D eigenvalue weighted by Gasteiger charge is -2.20. The Morgan fingerprint density at radius 2 is 1.89 bits per heavy atom. The van der Waals surface area contributed by atoms with Crippen molar-refractivity contribution in [1.29, 1.82) is 0 Å². The van der Waals surface area contributed by atoms with E-state index in [-0.39, 0.29) is 18.6 Å². The van der Waals surface area contributed by atoms with E-state index in [2.05, 4.69) is 0 Å². The minimum absolute atomic E-state index is 0.0463. The Hall–Kier alpha value is -0.120. The summed E-state index contributed by atoms with van der Waals surface area (Å²) in [7, 11) is 0. The number of rotatable bonds is 3. The third kappa shape index (κ3) is 2.79. The lowest BCUT2D eigenvalue weighted by atomic mass is 9.98. The molecule has 0 unspecified atom stereocenters. The molecule has 0 saturated heterocycles. The van der Waals surface area contributed by atoms with E-state index in [1.807, 2.05) is 0 Å². The van der Waals surface area contributed by atoms with Gasteiger partial charge in [0.2, 0.25) is 0 Å². The number of nitrogens with two attached hydrogens (primary N) is 1. The molecule has 0 aliphatic heterocycles. The topological polar surface area (TPSA) is 66.5 Å². The molecule has 0 aliphatic rings. The summed E-state index contributed by atoms with van der Waals surface area (Å²) in [6, 6.07) is -0.144. The van der Waals surface area contributed by atoms with Gasteiger partial charge in [-0.2, -0.15) is 0 Å². The van der Waals surface area contributed by atoms with Crippen LogP contribution in [0.5, 0.6) is 0 Å². The minimum Gasteiger partial charge on any atom is -0.396 e. The monoisotopic (exact) mass is 133 g/mol. The molecule has 3 nitrogen and oxygen atoms in total. The number of aliphatic hydroxyl groups is 2. The average Bonchev–Trinajstić information content (AvgIpc) is 1.64. The van der Waals surface area contributed by atoms with E-state index in [9.17, 15) is 0 Å². The molecule has 3 atom stereocenters. The molecule has 0 spiro atoms. The molecule has 0 radical (unpaired) electrons. The summed E-state index contributed by atoms with van der Waals surface area (Å²) in [6.45, 7) is 3.35. The van der Waals surface area contributed by atoms with Crippen molar-refractivity contribution in [2.45, 2.75) is 26.0 Å². The molecular weight excluding hydrogens is 118 g/mol. The van der Waals surface area contributed by atoms with E-state index in [1.54, 1.807) is 13.8 Å². The van der Waals surface area contributed by atoms with Gasteiger partial charge in [-0.3, -0.25) is 0 Å². The van der Waals surface area contributed by atoms with Gasteiger partial charge in [-0.15, -0.1) is 0 Å². The van der Waals surface area contributed by atoms with Crippen LogP contribution in [-0.4, -0.2) is 29.0 Å². The minimum atomic E-state index is -0.519. The second kappa shape index (κ2) is 3.82. The van der Waals surface area contributed by atoms with E-state index >= 15 is 0 Å². The van der Waals surface area contributed by atoms with Crippen LogP contribution in [0.2, 0.25) is 0 Å². The largest absolute Gasteiger partial charge is 0.396 e. The highest BCUT2D eigenvalue weighted by molar-refractivity contribution is 4.71. The summed E-state index contributed by atoms with van der Waals surface area (Å²) < 4.78 is 0. The maximum absolute atomic E-state index is 8.94. The predicted molar refractivity (Wildman–Crippen MR) is 35.9 cm³/mol. The fourth-order valence-electron chi connectivity index (χ4n) is 0.758. The number of hydrogen-bond acceptors (Lipinski definition) is 3. The van der Waals surface area contributed by atoms with Crippen molar-refractivity contribution in [1.82, 2.24) is 0 Å². The van der Waals surface area contributed by atoms with E-state index in [1.165, 1.54) is 0 Å². The van der Waals surface area contributed by atoms with E-state index in [0.29, 0.717) is 0 Å². The van der Waals surface area contributed by atoms with Gasteiger partial charge in [-0.1, -0.05) is 0 Å². The summed E-state index contributed by atoms with van der Waals surface area (Å²) in [5.41, 5.74) is 5.43. The molecule has 0 amide bonds. The van der Waals surface area contributed by atoms with Crippen LogP contribution >= 0.6 is 0 Å². The summed E-state index contributed by atoms with van der Waals surface area (Å²) in [5, 5.41) is 17.6. The van der Waals surface area contributed by atoms with Gasteiger partial charge in [-0.05, 0) is 13.8 Å². The first-order chi connectivity index (χ1) is 4.09. The van der Waals surface area contributed by atoms with Gasteiger partial charge in [-0.25, -0.2) is 0 Å². The van der Waals surface area contributed by atoms with E-state index in [0.717, 1.165) is 0 Å². The fraction of sp³-hybridized carbons (Fsp3) is 1.00. The first-order valence-electron chi connectivity index (χ1n) is 3.14. The van der Waals surface area contributed by atoms with Gasteiger partial charge in [0.25, 0.3) is 0 Å². The van der Waals surface area contributed by atoms with Crippen molar-refractivity contribution in [2.75, 3.05) is 6.61 Å². The van der Waals surface area contributed by atoms with Crippen LogP contribution in [0.4, 0.5) is 0 Å². The molecule has 9 heavy (non-hydrogen) atoms. The third-order valence-corrected chi connectivity index (χ3v) is 1.51. The van der Waals surface area contributed by atoms with Crippen LogP contribution in [0.15, 0.2) is 0 Å². The molecule has 0 saturated carbocycles. The Bertz CT molecular complexity index is 65.5. The fourth-order valence-corrected chi connectivity index (χ4v) is 0.758. The van der Waals surface area contributed by atoms with Crippen LogP contribution in [0.1, 0.15) is 13.8 Å². The molecule has 0 aromatic heterocycles. The summed E-state index contributed by atoms with van der Waals surface area (Å²) >= 11 is 0. The molecule has 0 aromatic carbocycles. The Labute approximate surface area is 55.5 Å². The lowest BCUT2D eigenvalue weighted by molar-refractivity contribution is 0.0690. The highest BCUT2D eigenvalue weighted by Gasteiger charge is 2.17. The normalized spacial score (nSPS) is 21.0. The molecule has 0 rings (SSSR count). The van der Waals surface area contributed by atoms with Crippen molar-refractivity contribution in [2.24, 2.45) is 11.7 Å². The first-order valence-corrected chi connectivity index (χ1v) is 3.14. The average molecular weight is 133 g/mol. The van der Waals surface area contributed by atoms with Crippen LogP contribution < -0.4 is 5.73 Å². The van der Waals surface area contributed by atoms with Gasteiger partial charge in [0, 0.05) is 18.6 Å². The molecule has 0 aliphatic carbocycles. The molecule has 0 heterocycles. The third-order valence-electron chi connectivity index (χ3n) is 1.51. The number of hydrogen-bond donors (Lipinski definition) is 3. The summed E-state index contributed by atoms with van der Waals surface area (Å²) in [4.78, 5) is 0. The van der Waals surface area contributed by atoms with Gasteiger partial charge in [0.1, 0.15) is 0 Å². The second-order valence-corrected chi connectivity index (χ2v) is 2.45. The predicted octanol–water partition coefficient (Wildman–Crippen LogP) is -0.677. The zero-order valence-electron chi connectivity index (χ0n) is 5.91. The van der Waals surface area contributed by atoms with Crippen molar-refractivity contribution < 1.29 is 10.2 Å². The molecule has 4 N–H and O–H groups in total. The Balaban J connectivity index is 3.68. The quantitative estimate of drug-likeness (QED) is 0.478. The second-order valence-electron chi connectivity index (χ2n) is 2.45. The highest BCUT2D eigenvalue weighted by atomic mass is 16.3. The van der Waals surface area contributed by atoms with Crippen molar-refractivity contribution in [3.63, 3.8) is 0 Å². The molecule has 56 valence electrons. The Morgan fingerprint density at radius 3 is 1.89 bits per heavy atom. The van der Waals surface area contributed by atoms with Gasteiger partial charge in [0.15, 0.2) is 0 Å². The standard InChI is InChI=1S/C6H15NO2/c1-4(7)6(3-8)5(2)9/h4-6,8-9H,3,7H2,1-2H3/t4-,5+,6+/m0/s1. The maximum atomic E-state index is 8.94. The summed E-state index contributed by atoms with van der Waals surface area (Å²) in [5.74, 6) is -0.190. The first kappa shape index (κ1) is 8.88. The van der Waals surface area contributed by atoms with E-state index in [4.69, 9.17) is 15.9 Å². The van der Waals surface area contributed by atoms with Crippen molar-refractivity contribution in [3.8, 4) is 0 Å². The van der Waals surface area contributed by atoms with Crippen LogP contribution in [0.3, 0.4) is 0 Å². The van der Waals surface area contributed by atoms with Crippen LogP contribution in [-0.2, 0) is 0 Å². The van der Waals surface area contributed by atoms with Gasteiger partial charge >= 0.3 is 0 Å². The summed E-state index contributed by atoms with van der Waals surface area (Å²) in [6.07, 6.45) is -0.519. The van der Waals surface area contributed by atoms with Gasteiger partial charge < -0.3 is 15.9 Å². The lowest BCUT2D eigenvalue weighted by Crippen LogP contribution is -2.36. The van der Waals surface area contributed by atoms with Crippen molar-refractivity contribution >= 4 is 0 Å². The highest BCUT2D eigenvalue weighted by Crippen LogP contribution is 2.05. The molecule has 0 aromatic rings. The van der Waals surface area contributed by atoms with Crippen molar-refractivity contribution in [3.05, 3.63) is 0 Å². The smallest absolute Gasteiger partial charge is 0.0576 e. The van der Waals surface area contributed by atoms with Crippen LogP contribution in [0, 0.1) is 5.92 Å². The molecular formula is C6H15NO2. The van der Waals surface area contributed by atoms with Crippen LogP contribution in [0.25, 0.3) is 0 Å². The zero-order valence-corrected chi connectivity index (χ0v) is 5.91. The SMILES string of the molecule is C[C@H](N)[C@@H](CO)[C@@H](C)O. The molecule has 0 bridgehead atoms.